The van der Waals surface area contributed by atoms with Crippen LogP contribution < -0.4 is 0 Å². The molecule has 0 spiro atoms. The Kier molecular flexibility index (Phi) is 2.03. The number of hydrogen-bond acceptors (Lipinski definition) is 2. The Balaban J connectivity index is 1.86. The third-order valence-corrected chi connectivity index (χ3v) is 3.21. The number of hydroxylamine groups is 2. The molecular formula is C12H15NO. The summed E-state index contributed by atoms with van der Waals surface area (Å²) < 4.78 is 0. The van der Waals surface area contributed by atoms with Crippen molar-refractivity contribution in [1.82, 2.24) is 5.06 Å². The highest BCUT2D eigenvalue weighted by Gasteiger charge is 2.36. The van der Waals surface area contributed by atoms with Gasteiger partial charge in [-0.2, -0.15) is 5.06 Å². The van der Waals surface area contributed by atoms with E-state index in [1.165, 1.54) is 24.8 Å². The summed E-state index contributed by atoms with van der Waals surface area (Å²) in [5, 5.41) is 2.17. The Morgan fingerprint density at radius 1 is 1.21 bits per heavy atom. The molecule has 2 aliphatic rings. The molecule has 0 N–H and O–H groups in total. The predicted octanol–water partition coefficient (Wildman–Crippen LogP) is 2.53. The van der Waals surface area contributed by atoms with Crippen LogP contribution in [0, 0.1) is 0 Å². The molecule has 2 saturated heterocycles. The lowest BCUT2D eigenvalue weighted by molar-refractivity contribution is -0.185. The molecule has 1 aromatic rings. The van der Waals surface area contributed by atoms with Gasteiger partial charge in [0.15, 0.2) is 0 Å². The first kappa shape index (κ1) is 8.45. The molecule has 3 atom stereocenters. The fraction of sp³-hybridized carbons (Fsp3) is 0.500. The second-order valence-corrected chi connectivity index (χ2v) is 4.17. The molecule has 0 aromatic heterocycles. The summed E-state index contributed by atoms with van der Waals surface area (Å²) in [7, 11) is 0. The van der Waals surface area contributed by atoms with Crippen LogP contribution in [0.2, 0.25) is 0 Å². The minimum atomic E-state index is 0.481. The molecule has 2 fully saturated rings. The molecule has 0 saturated carbocycles. The van der Waals surface area contributed by atoms with E-state index in [0.717, 1.165) is 6.54 Å². The van der Waals surface area contributed by atoms with Crippen molar-refractivity contribution in [2.45, 2.75) is 31.4 Å². The van der Waals surface area contributed by atoms with Crippen molar-refractivity contribution in [2.75, 3.05) is 6.54 Å². The van der Waals surface area contributed by atoms with Crippen molar-refractivity contribution in [1.29, 1.82) is 0 Å². The van der Waals surface area contributed by atoms with Gasteiger partial charge in [0, 0.05) is 6.54 Å². The SMILES string of the molecule is c1ccc(C2CC3CCCN2O3)cc1. The molecule has 2 heterocycles. The van der Waals surface area contributed by atoms with E-state index >= 15 is 0 Å². The monoisotopic (exact) mass is 189 g/mol. The summed E-state index contributed by atoms with van der Waals surface area (Å²) in [6.07, 6.45) is 4.17. The molecule has 2 aliphatic heterocycles. The second-order valence-electron chi connectivity index (χ2n) is 4.17. The molecule has 0 radical (unpaired) electrons. The molecule has 3 rings (SSSR count). The summed E-state index contributed by atoms with van der Waals surface area (Å²) in [5.74, 6) is 0. The number of nitrogens with zero attached hydrogens (tertiary/aromatic N) is 1. The van der Waals surface area contributed by atoms with Gasteiger partial charge in [0.2, 0.25) is 0 Å². The molecule has 1 aromatic carbocycles. The number of fused-ring (bicyclic) bond motifs is 2. The van der Waals surface area contributed by atoms with Gasteiger partial charge in [-0.05, 0) is 24.8 Å². The van der Waals surface area contributed by atoms with Gasteiger partial charge >= 0.3 is 0 Å². The third kappa shape index (κ3) is 1.35. The van der Waals surface area contributed by atoms with Gasteiger partial charge in [0.1, 0.15) is 0 Å². The zero-order chi connectivity index (χ0) is 9.38. The zero-order valence-electron chi connectivity index (χ0n) is 8.23. The van der Waals surface area contributed by atoms with E-state index in [1.54, 1.807) is 0 Å². The van der Waals surface area contributed by atoms with Crippen LogP contribution in [0.1, 0.15) is 30.9 Å². The van der Waals surface area contributed by atoms with Crippen LogP contribution in [0.3, 0.4) is 0 Å². The van der Waals surface area contributed by atoms with Crippen LogP contribution in [0.5, 0.6) is 0 Å². The van der Waals surface area contributed by atoms with E-state index in [-0.39, 0.29) is 0 Å². The molecule has 2 bridgehead atoms. The maximum Gasteiger partial charge on any atom is 0.0813 e. The second kappa shape index (κ2) is 3.37. The average Bonchev–Trinajstić information content (AvgIpc) is 2.55. The highest BCUT2D eigenvalue weighted by atomic mass is 16.7. The normalized spacial score (nSPS) is 35.9. The van der Waals surface area contributed by atoms with E-state index in [1.807, 2.05) is 0 Å². The standard InChI is InChI=1S/C12H15NO/c1-2-5-10(6-3-1)12-9-11-7-4-8-13(12)14-11/h1-3,5-6,11-12H,4,7-9H2. The van der Waals surface area contributed by atoms with Crippen LogP contribution in [-0.2, 0) is 4.84 Å². The molecular weight excluding hydrogens is 174 g/mol. The molecule has 2 nitrogen and oxygen atoms in total. The van der Waals surface area contributed by atoms with Crippen LogP contribution in [0.25, 0.3) is 0 Å². The van der Waals surface area contributed by atoms with E-state index in [4.69, 9.17) is 4.84 Å². The summed E-state index contributed by atoms with van der Waals surface area (Å²) >= 11 is 0. The Labute approximate surface area is 84.4 Å². The third-order valence-electron chi connectivity index (χ3n) is 3.21. The van der Waals surface area contributed by atoms with Crippen molar-refractivity contribution >= 4 is 0 Å². The Bertz CT molecular complexity index is 311. The van der Waals surface area contributed by atoms with Crippen molar-refractivity contribution in [3.8, 4) is 0 Å². The largest absolute Gasteiger partial charge is 0.295 e. The van der Waals surface area contributed by atoms with Gasteiger partial charge in [0.05, 0.1) is 12.1 Å². The number of hydrogen-bond donors (Lipinski definition) is 0. The molecule has 14 heavy (non-hydrogen) atoms. The van der Waals surface area contributed by atoms with Crippen molar-refractivity contribution in [3.05, 3.63) is 35.9 Å². The minimum Gasteiger partial charge on any atom is -0.295 e. The lowest BCUT2D eigenvalue weighted by Crippen LogP contribution is -2.27. The predicted molar refractivity (Wildman–Crippen MR) is 54.6 cm³/mol. The average molecular weight is 189 g/mol. The fourth-order valence-electron chi connectivity index (χ4n) is 2.51. The fourth-order valence-corrected chi connectivity index (χ4v) is 2.51. The van der Waals surface area contributed by atoms with Gasteiger partial charge in [0.25, 0.3) is 0 Å². The lowest BCUT2D eigenvalue weighted by atomic mass is 10.0. The minimum absolute atomic E-state index is 0.481. The number of benzene rings is 1. The van der Waals surface area contributed by atoms with Crippen LogP contribution >= 0.6 is 0 Å². The zero-order valence-corrected chi connectivity index (χ0v) is 8.23. The summed E-state index contributed by atoms with van der Waals surface area (Å²) in [4.78, 5) is 5.80. The van der Waals surface area contributed by atoms with Crippen LogP contribution in [0.15, 0.2) is 30.3 Å². The first-order valence-corrected chi connectivity index (χ1v) is 5.42. The molecule has 74 valence electrons. The van der Waals surface area contributed by atoms with Gasteiger partial charge in [-0.1, -0.05) is 30.3 Å². The lowest BCUT2D eigenvalue weighted by Gasteiger charge is -2.25. The first-order chi connectivity index (χ1) is 6.93. The molecule has 0 aliphatic carbocycles. The smallest absolute Gasteiger partial charge is 0.0813 e. The van der Waals surface area contributed by atoms with E-state index in [0.29, 0.717) is 12.1 Å². The van der Waals surface area contributed by atoms with E-state index < -0.39 is 0 Å². The van der Waals surface area contributed by atoms with Gasteiger partial charge in [-0.15, -0.1) is 0 Å². The maximum absolute atomic E-state index is 5.80. The number of rotatable bonds is 1. The van der Waals surface area contributed by atoms with E-state index in [2.05, 4.69) is 35.4 Å². The van der Waals surface area contributed by atoms with Crippen molar-refractivity contribution in [2.24, 2.45) is 0 Å². The quantitative estimate of drug-likeness (QED) is 0.673. The van der Waals surface area contributed by atoms with Gasteiger partial charge < -0.3 is 0 Å². The highest BCUT2D eigenvalue weighted by molar-refractivity contribution is 5.19. The van der Waals surface area contributed by atoms with Crippen LogP contribution in [-0.4, -0.2) is 17.7 Å². The molecule has 0 amide bonds. The van der Waals surface area contributed by atoms with Gasteiger partial charge in [-0.3, -0.25) is 4.84 Å². The van der Waals surface area contributed by atoms with Crippen molar-refractivity contribution < 1.29 is 4.84 Å². The Morgan fingerprint density at radius 2 is 2.07 bits per heavy atom. The summed E-state index contributed by atoms with van der Waals surface area (Å²) in [6, 6.07) is 11.2. The Hall–Kier alpha value is -0.860. The topological polar surface area (TPSA) is 12.5 Å². The summed E-state index contributed by atoms with van der Waals surface area (Å²) in [5.41, 5.74) is 1.40. The summed E-state index contributed by atoms with van der Waals surface area (Å²) in [6.45, 7) is 1.09. The Morgan fingerprint density at radius 3 is 2.86 bits per heavy atom. The van der Waals surface area contributed by atoms with Crippen molar-refractivity contribution in [3.63, 3.8) is 0 Å². The highest BCUT2D eigenvalue weighted by Crippen LogP contribution is 2.38. The molecule has 3 unspecified atom stereocenters. The molecule has 2 heteroatoms. The first-order valence-electron chi connectivity index (χ1n) is 5.42. The van der Waals surface area contributed by atoms with Gasteiger partial charge in [-0.25, -0.2) is 0 Å². The van der Waals surface area contributed by atoms with E-state index in [9.17, 15) is 0 Å². The van der Waals surface area contributed by atoms with Crippen LogP contribution in [0.4, 0.5) is 0 Å². The maximum atomic E-state index is 5.80.